The molecule has 2 aromatic rings. The van der Waals surface area contributed by atoms with Crippen LogP contribution in [0.2, 0.25) is 0 Å². The number of benzene rings is 1. The molecule has 0 aliphatic carbocycles. The summed E-state index contributed by atoms with van der Waals surface area (Å²) in [7, 11) is 0. The highest BCUT2D eigenvalue weighted by Crippen LogP contribution is 2.28. The number of aromatic nitrogens is 1. The second-order valence-electron chi connectivity index (χ2n) is 3.77. The maximum absolute atomic E-state index is 12.1. The van der Waals surface area contributed by atoms with E-state index in [0.717, 1.165) is 0 Å². The van der Waals surface area contributed by atoms with E-state index in [0.29, 0.717) is 16.8 Å². The molecule has 0 fully saturated rings. The summed E-state index contributed by atoms with van der Waals surface area (Å²) in [5.74, 6) is -0.285. The number of aliphatic hydroxyl groups excluding tert-OH is 1. The number of pyridine rings is 1. The molecule has 2 rings (SSSR count). The zero-order valence-corrected chi connectivity index (χ0v) is 9.69. The van der Waals surface area contributed by atoms with E-state index in [1.165, 1.54) is 24.4 Å². The highest BCUT2D eigenvalue weighted by Gasteiger charge is 2.31. The Morgan fingerprint density at radius 1 is 1.11 bits per heavy atom. The monoisotopic (exact) mass is 269 g/mol. The number of alkyl halides is 3. The summed E-state index contributed by atoms with van der Waals surface area (Å²) in [6.07, 6.45) is -3.23. The molecule has 0 atom stereocenters. The van der Waals surface area contributed by atoms with E-state index < -0.39 is 6.36 Å². The third-order valence-electron chi connectivity index (χ3n) is 2.38. The van der Waals surface area contributed by atoms with Crippen molar-refractivity contribution in [2.75, 3.05) is 0 Å². The molecule has 1 N–H and O–H groups in total. The molecule has 0 aliphatic heterocycles. The Labute approximate surface area is 107 Å². The summed E-state index contributed by atoms with van der Waals surface area (Å²) < 4.78 is 40.2. The van der Waals surface area contributed by atoms with Crippen LogP contribution >= 0.6 is 0 Å². The third kappa shape index (κ3) is 3.69. The minimum Gasteiger partial charge on any atom is -0.406 e. The van der Waals surface area contributed by atoms with E-state index >= 15 is 0 Å². The van der Waals surface area contributed by atoms with Gasteiger partial charge in [0.05, 0.1) is 12.3 Å². The lowest BCUT2D eigenvalue weighted by Crippen LogP contribution is -2.17. The number of rotatable bonds is 3. The topological polar surface area (TPSA) is 42.4 Å². The van der Waals surface area contributed by atoms with Crippen LogP contribution in [0.15, 0.2) is 42.6 Å². The molecule has 1 heterocycles. The maximum atomic E-state index is 12.1. The summed E-state index contributed by atoms with van der Waals surface area (Å²) in [6, 6.07) is 8.88. The lowest BCUT2D eigenvalue weighted by molar-refractivity contribution is -0.274. The van der Waals surface area contributed by atoms with Gasteiger partial charge in [-0.25, -0.2) is 0 Å². The first-order valence-electron chi connectivity index (χ1n) is 5.40. The van der Waals surface area contributed by atoms with Crippen molar-refractivity contribution in [3.63, 3.8) is 0 Å². The zero-order valence-electron chi connectivity index (χ0n) is 9.69. The Morgan fingerprint density at radius 3 is 2.53 bits per heavy atom. The highest BCUT2D eigenvalue weighted by molar-refractivity contribution is 5.65. The minimum absolute atomic E-state index is 0.230. The Kier molecular flexibility index (Phi) is 3.71. The van der Waals surface area contributed by atoms with Gasteiger partial charge in [-0.3, -0.25) is 4.98 Å². The van der Waals surface area contributed by atoms with Crippen LogP contribution in [0.5, 0.6) is 5.75 Å². The van der Waals surface area contributed by atoms with Crippen molar-refractivity contribution in [3.05, 3.63) is 48.3 Å². The van der Waals surface area contributed by atoms with Gasteiger partial charge in [0, 0.05) is 6.20 Å². The van der Waals surface area contributed by atoms with Crippen LogP contribution in [0.1, 0.15) is 5.69 Å². The van der Waals surface area contributed by atoms with E-state index in [2.05, 4.69) is 9.72 Å². The predicted octanol–water partition coefficient (Wildman–Crippen LogP) is 3.14. The average molecular weight is 269 g/mol. The second-order valence-corrected chi connectivity index (χ2v) is 3.77. The SMILES string of the molecule is OCc1cc(-c2cccc(OC(F)(F)F)c2)ccn1. The molecule has 0 spiro atoms. The van der Waals surface area contributed by atoms with Gasteiger partial charge in [-0.15, -0.1) is 13.2 Å². The Bertz CT molecular complexity index is 570. The van der Waals surface area contributed by atoms with Gasteiger partial charge >= 0.3 is 6.36 Å². The van der Waals surface area contributed by atoms with Gasteiger partial charge in [0.25, 0.3) is 0 Å². The molecule has 100 valence electrons. The van der Waals surface area contributed by atoms with Crippen LogP contribution in [0.4, 0.5) is 13.2 Å². The number of nitrogens with zero attached hydrogens (tertiary/aromatic N) is 1. The molecular weight excluding hydrogens is 259 g/mol. The van der Waals surface area contributed by atoms with Gasteiger partial charge in [-0.2, -0.15) is 0 Å². The molecule has 1 aromatic heterocycles. The van der Waals surface area contributed by atoms with Crippen molar-refractivity contribution in [1.82, 2.24) is 4.98 Å². The fourth-order valence-electron chi connectivity index (χ4n) is 1.62. The maximum Gasteiger partial charge on any atom is 0.573 e. The van der Waals surface area contributed by atoms with E-state index in [9.17, 15) is 13.2 Å². The number of aliphatic hydroxyl groups is 1. The van der Waals surface area contributed by atoms with Gasteiger partial charge in [0.2, 0.25) is 0 Å². The van der Waals surface area contributed by atoms with Gasteiger partial charge in [0.1, 0.15) is 5.75 Å². The fraction of sp³-hybridized carbons (Fsp3) is 0.154. The fourth-order valence-corrected chi connectivity index (χ4v) is 1.62. The summed E-state index contributed by atoms with van der Waals surface area (Å²) in [5.41, 5.74) is 1.66. The van der Waals surface area contributed by atoms with Crippen LogP contribution in [-0.4, -0.2) is 16.5 Å². The lowest BCUT2D eigenvalue weighted by Gasteiger charge is -2.10. The van der Waals surface area contributed by atoms with Crippen molar-refractivity contribution in [2.24, 2.45) is 0 Å². The van der Waals surface area contributed by atoms with Crippen LogP contribution in [0.3, 0.4) is 0 Å². The van der Waals surface area contributed by atoms with Crippen molar-refractivity contribution < 1.29 is 23.0 Å². The molecule has 1 aromatic carbocycles. The van der Waals surface area contributed by atoms with Crippen LogP contribution in [0, 0.1) is 0 Å². The number of ether oxygens (including phenoxy) is 1. The Hall–Kier alpha value is -2.08. The molecule has 0 saturated heterocycles. The van der Waals surface area contributed by atoms with Crippen molar-refractivity contribution >= 4 is 0 Å². The van der Waals surface area contributed by atoms with Gasteiger partial charge in [-0.1, -0.05) is 12.1 Å². The molecular formula is C13H10F3NO2. The molecule has 0 unspecified atom stereocenters. The van der Waals surface area contributed by atoms with Crippen LogP contribution in [-0.2, 0) is 6.61 Å². The summed E-state index contributed by atoms with van der Waals surface area (Å²) in [4.78, 5) is 3.90. The first kappa shape index (κ1) is 13.4. The van der Waals surface area contributed by atoms with Gasteiger partial charge < -0.3 is 9.84 Å². The second kappa shape index (κ2) is 5.27. The number of hydrogen-bond donors (Lipinski definition) is 1. The van der Waals surface area contributed by atoms with E-state index in [4.69, 9.17) is 5.11 Å². The van der Waals surface area contributed by atoms with Crippen LogP contribution < -0.4 is 4.74 Å². The first-order valence-corrected chi connectivity index (χ1v) is 5.40. The molecule has 0 bridgehead atoms. The largest absolute Gasteiger partial charge is 0.573 e. The van der Waals surface area contributed by atoms with Crippen molar-refractivity contribution in [1.29, 1.82) is 0 Å². The highest BCUT2D eigenvalue weighted by atomic mass is 19.4. The molecule has 6 heteroatoms. The third-order valence-corrected chi connectivity index (χ3v) is 2.38. The van der Waals surface area contributed by atoms with E-state index in [-0.39, 0.29) is 12.4 Å². The Morgan fingerprint density at radius 2 is 1.84 bits per heavy atom. The predicted molar refractivity (Wildman–Crippen MR) is 62.3 cm³/mol. The minimum atomic E-state index is -4.72. The smallest absolute Gasteiger partial charge is 0.406 e. The Balaban J connectivity index is 2.32. The summed E-state index contributed by atoms with van der Waals surface area (Å²) in [6.45, 7) is -0.230. The van der Waals surface area contributed by atoms with Crippen LogP contribution in [0.25, 0.3) is 11.1 Å². The number of hydrogen-bond acceptors (Lipinski definition) is 3. The zero-order chi connectivity index (χ0) is 13.9. The quantitative estimate of drug-likeness (QED) is 0.930. The average Bonchev–Trinajstić information content (AvgIpc) is 2.37. The van der Waals surface area contributed by atoms with Gasteiger partial charge in [-0.05, 0) is 35.4 Å². The first-order chi connectivity index (χ1) is 8.98. The van der Waals surface area contributed by atoms with E-state index in [1.54, 1.807) is 18.2 Å². The molecule has 0 aliphatic rings. The van der Waals surface area contributed by atoms with E-state index in [1.807, 2.05) is 0 Å². The molecule has 19 heavy (non-hydrogen) atoms. The number of halogens is 3. The standard InChI is InChI=1S/C13H10F3NO2/c14-13(15,16)19-12-3-1-2-9(7-12)10-4-5-17-11(6-10)8-18/h1-7,18H,8H2. The van der Waals surface area contributed by atoms with Crippen molar-refractivity contribution in [3.8, 4) is 16.9 Å². The summed E-state index contributed by atoms with van der Waals surface area (Å²) >= 11 is 0. The summed E-state index contributed by atoms with van der Waals surface area (Å²) in [5, 5.41) is 8.98. The normalized spacial score (nSPS) is 11.4. The van der Waals surface area contributed by atoms with Crippen molar-refractivity contribution in [2.45, 2.75) is 13.0 Å². The molecule has 0 saturated carbocycles. The van der Waals surface area contributed by atoms with Gasteiger partial charge in [0.15, 0.2) is 0 Å². The molecule has 3 nitrogen and oxygen atoms in total. The lowest BCUT2D eigenvalue weighted by atomic mass is 10.1. The molecule has 0 amide bonds. The molecule has 0 radical (unpaired) electrons.